The second-order valence-electron chi connectivity index (χ2n) is 6.21. The number of furan rings is 1. The average Bonchev–Trinajstić information content (AvgIpc) is 3.26. The highest BCUT2D eigenvalue weighted by Crippen LogP contribution is 2.24. The fourth-order valence-electron chi connectivity index (χ4n) is 2.95. The van der Waals surface area contributed by atoms with E-state index in [0.29, 0.717) is 6.54 Å². The molecular weight excluding hydrogens is 318 g/mol. The van der Waals surface area contributed by atoms with Crippen LogP contribution in [0.25, 0.3) is 11.0 Å². The van der Waals surface area contributed by atoms with E-state index in [1.807, 2.05) is 18.2 Å². The van der Waals surface area contributed by atoms with Crippen LogP contribution in [-0.2, 0) is 16.0 Å². The summed E-state index contributed by atoms with van der Waals surface area (Å²) in [5.74, 6) is 1.71. The van der Waals surface area contributed by atoms with Gasteiger partial charge in [-0.3, -0.25) is 4.99 Å². The van der Waals surface area contributed by atoms with Gasteiger partial charge < -0.3 is 24.5 Å². The quantitative estimate of drug-likeness (QED) is 0.459. The summed E-state index contributed by atoms with van der Waals surface area (Å²) in [6.07, 6.45) is 2.21. The first kappa shape index (κ1) is 17.8. The minimum absolute atomic E-state index is 0.272. The molecule has 0 saturated carbocycles. The van der Waals surface area contributed by atoms with Crippen molar-refractivity contribution in [2.24, 2.45) is 4.99 Å². The smallest absolute Gasteiger partial charge is 0.191 e. The second kappa shape index (κ2) is 8.87. The van der Waals surface area contributed by atoms with Gasteiger partial charge in [-0.2, -0.15) is 0 Å². The van der Waals surface area contributed by atoms with E-state index in [-0.39, 0.29) is 6.10 Å². The number of nitrogens with one attached hydrogen (secondary N) is 2. The summed E-state index contributed by atoms with van der Waals surface area (Å²) in [6.45, 7) is 5.79. The molecule has 0 amide bonds. The van der Waals surface area contributed by atoms with Crippen molar-refractivity contribution in [2.45, 2.75) is 32.4 Å². The maximum absolute atomic E-state index is 5.92. The molecule has 2 heterocycles. The van der Waals surface area contributed by atoms with Crippen molar-refractivity contribution in [1.82, 2.24) is 10.6 Å². The predicted molar refractivity (Wildman–Crippen MR) is 98.9 cm³/mol. The maximum atomic E-state index is 5.92. The molecule has 1 atom stereocenters. The van der Waals surface area contributed by atoms with Crippen LogP contribution in [0, 0.1) is 6.92 Å². The van der Waals surface area contributed by atoms with Crippen molar-refractivity contribution in [3.63, 3.8) is 0 Å². The fraction of sp³-hybridized carbons (Fsp3) is 0.526. The third kappa shape index (κ3) is 4.74. The minimum atomic E-state index is 0.272. The third-order valence-corrected chi connectivity index (χ3v) is 4.44. The Bertz CT molecular complexity index is 705. The molecule has 1 saturated heterocycles. The van der Waals surface area contributed by atoms with Gasteiger partial charge in [0.1, 0.15) is 11.3 Å². The van der Waals surface area contributed by atoms with E-state index in [2.05, 4.69) is 28.6 Å². The van der Waals surface area contributed by atoms with Gasteiger partial charge in [0.15, 0.2) is 5.96 Å². The Labute approximate surface area is 148 Å². The lowest BCUT2D eigenvalue weighted by Gasteiger charge is -2.12. The van der Waals surface area contributed by atoms with Crippen LogP contribution >= 0.6 is 0 Å². The van der Waals surface area contributed by atoms with Crippen LogP contribution in [0.1, 0.15) is 24.2 Å². The Hall–Kier alpha value is -2.05. The number of hydrogen-bond donors (Lipinski definition) is 2. The van der Waals surface area contributed by atoms with Crippen LogP contribution in [0.4, 0.5) is 0 Å². The van der Waals surface area contributed by atoms with Crippen LogP contribution in [0.3, 0.4) is 0 Å². The van der Waals surface area contributed by atoms with E-state index in [1.165, 1.54) is 5.56 Å². The number of benzene rings is 1. The molecule has 6 heteroatoms. The molecule has 1 aromatic carbocycles. The first-order chi connectivity index (χ1) is 12.3. The average molecular weight is 345 g/mol. The standard InChI is InChI=1S/C19H27N3O3/c1-14-16-6-3-4-7-17(16)25-18(14)12-22-19(20-2)21-9-5-10-24-15-8-11-23-13-15/h3-4,6-7,15H,5,8-13H2,1-2H3,(H2,20,21,22). The topological polar surface area (TPSA) is 68.0 Å². The largest absolute Gasteiger partial charge is 0.459 e. The summed E-state index contributed by atoms with van der Waals surface area (Å²) in [6, 6.07) is 8.10. The molecule has 2 aromatic rings. The zero-order valence-electron chi connectivity index (χ0n) is 15.0. The highest BCUT2D eigenvalue weighted by Gasteiger charge is 2.15. The summed E-state index contributed by atoms with van der Waals surface area (Å²) in [7, 11) is 1.77. The molecule has 25 heavy (non-hydrogen) atoms. The molecule has 1 aliphatic rings. The molecule has 6 nitrogen and oxygen atoms in total. The van der Waals surface area contributed by atoms with Crippen LogP contribution in [0.2, 0.25) is 0 Å². The Balaban J connectivity index is 1.40. The number of guanidine groups is 1. The monoisotopic (exact) mass is 345 g/mol. The van der Waals surface area contributed by atoms with E-state index in [0.717, 1.165) is 61.9 Å². The van der Waals surface area contributed by atoms with Crippen LogP contribution < -0.4 is 10.6 Å². The molecule has 1 unspecified atom stereocenters. The van der Waals surface area contributed by atoms with Crippen molar-refractivity contribution < 1.29 is 13.9 Å². The number of nitrogens with zero attached hydrogens (tertiary/aromatic N) is 1. The van der Waals surface area contributed by atoms with Gasteiger partial charge in [-0.05, 0) is 25.8 Å². The summed E-state index contributed by atoms with van der Waals surface area (Å²) < 4.78 is 17.0. The molecule has 136 valence electrons. The molecule has 1 aliphatic heterocycles. The summed E-state index contributed by atoms with van der Waals surface area (Å²) in [5.41, 5.74) is 2.10. The van der Waals surface area contributed by atoms with Crippen molar-refractivity contribution in [1.29, 1.82) is 0 Å². The zero-order valence-corrected chi connectivity index (χ0v) is 15.0. The highest BCUT2D eigenvalue weighted by atomic mass is 16.5. The van der Waals surface area contributed by atoms with E-state index < -0.39 is 0 Å². The first-order valence-corrected chi connectivity index (χ1v) is 8.89. The van der Waals surface area contributed by atoms with Crippen LogP contribution in [0.15, 0.2) is 33.7 Å². The van der Waals surface area contributed by atoms with Crippen LogP contribution in [-0.4, -0.2) is 45.5 Å². The molecule has 2 N–H and O–H groups in total. The lowest BCUT2D eigenvalue weighted by Crippen LogP contribution is -2.37. The molecule has 1 fully saturated rings. The molecule has 0 bridgehead atoms. The van der Waals surface area contributed by atoms with E-state index in [4.69, 9.17) is 13.9 Å². The highest BCUT2D eigenvalue weighted by molar-refractivity contribution is 5.82. The predicted octanol–water partition coefficient (Wildman–Crippen LogP) is 2.60. The van der Waals surface area contributed by atoms with Gasteiger partial charge in [0.25, 0.3) is 0 Å². The van der Waals surface area contributed by atoms with E-state index >= 15 is 0 Å². The van der Waals surface area contributed by atoms with Crippen molar-refractivity contribution >= 4 is 16.9 Å². The van der Waals surface area contributed by atoms with Gasteiger partial charge >= 0.3 is 0 Å². The van der Waals surface area contributed by atoms with E-state index in [1.54, 1.807) is 7.05 Å². The van der Waals surface area contributed by atoms with Gasteiger partial charge in [-0.25, -0.2) is 0 Å². The van der Waals surface area contributed by atoms with Gasteiger partial charge in [0, 0.05) is 37.8 Å². The lowest BCUT2D eigenvalue weighted by molar-refractivity contribution is 0.0420. The van der Waals surface area contributed by atoms with Crippen molar-refractivity contribution in [3.05, 3.63) is 35.6 Å². The normalized spacial score (nSPS) is 18.0. The number of aryl methyl sites for hydroxylation is 1. The second-order valence-corrected chi connectivity index (χ2v) is 6.21. The van der Waals surface area contributed by atoms with Gasteiger partial charge in [-0.15, -0.1) is 0 Å². The lowest BCUT2D eigenvalue weighted by atomic mass is 10.1. The number of ether oxygens (including phenoxy) is 2. The van der Waals surface area contributed by atoms with E-state index in [9.17, 15) is 0 Å². The van der Waals surface area contributed by atoms with Crippen molar-refractivity contribution in [2.75, 3.05) is 33.4 Å². The summed E-state index contributed by atoms with van der Waals surface area (Å²) in [5, 5.41) is 7.77. The summed E-state index contributed by atoms with van der Waals surface area (Å²) in [4.78, 5) is 4.25. The number of para-hydroxylation sites is 1. The Morgan fingerprint density at radius 1 is 1.32 bits per heavy atom. The molecule has 0 aliphatic carbocycles. The number of rotatable bonds is 7. The maximum Gasteiger partial charge on any atom is 0.191 e. The number of hydrogen-bond acceptors (Lipinski definition) is 4. The Morgan fingerprint density at radius 2 is 2.20 bits per heavy atom. The number of aliphatic imine (C=N–C) groups is 1. The molecule has 0 spiro atoms. The third-order valence-electron chi connectivity index (χ3n) is 4.44. The molecule has 3 rings (SSSR count). The fourth-order valence-corrected chi connectivity index (χ4v) is 2.95. The first-order valence-electron chi connectivity index (χ1n) is 8.89. The SMILES string of the molecule is CN=C(NCCCOC1CCOC1)NCc1oc2ccccc2c1C. The molecule has 1 aromatic heterocycles. The zero-order chi connectivity index (χ0) is 17.5. The Morgan fingerprint density at radius 3 is 2.96 bits per heavy atom. The van der Waals surface area contributed by atoms with Gasteiger partial charge in [0.05, 0.1) is 19.3 Å². The Kier molecular flexibility index (Phi) is 6.30. The summed E-state index contributed by atoms with van der Waals surface area (Å²) >= 11 is 0. The van der Waals surface area contributed by atoms with Crippen molar-refractivity contribution in [3.8, 4) is 0 Å². The van der Waals surface area contributed by atoms with Crippen LogP contribution in [0.5, 0.6) is 0 Å². The van der Waals surface area contributed by atoms with Gasteiger partial charge in [-0.1, -0.05) is 18.2 Å². The minimum Gasteiger partial charge on any atom is -0.459 e. The molecular formula is C19H27N3O3. The molecule has 0 radical (unpaired) electrons. The number of fused-ring (bicyclic) bond motifs is 1. The van der Waals surface area contributed by atoms with Gasteiger partial charge in [0.2, 0.25) is 0 Å².